The Morgan fingerprint density at radius 2 is 1.87 bits per heavy atom. The lowest BCUT2D eigenvalue weighted by Gasteiger charge is -2.40. The second-order valence-corrected chi connectivity index (χ2v) is 7.92. The average molecular weight is 415 g/mol. The standard InChI is InChI=1S/C22H30N4O4/c1-5-30-21(28)19-14-24-26(16(19)2)18-8-6-17(7-9-18)20(27)23-15-22(3,4)25-10-12-29-13-11-25/h6-9,14H,5,10-13,15H2,1-4H3,(H,23,27). The van der Waals surface area contributed by atoms with E-state index in [2.05, 4.69) is 29.2 Å². The number of hydrogen-bond donors (Lipinski definition) is 1. The summed E-state index contributed by atoms with van der Waals surface area (Å²) in [6.07, 6.45) is 1.50. The number of benzene rings is 1. The molecule has 0 bridgehead atoms. The lowest BCUT2D eigenvalue weighted by atomic mass is 10.0. The number of esters is 1. The largest absolute Gasteiger partial charge is 0.462 e. The summed E-state index contributed by atoms with van der Waals surface area (Å²) in [5.74, 6) is -0.507. The van der Waals surface area contributed by atoms with E-state index in [1.807, 2.05) is 19.1 Å². The van der Waals surface area contributed by atoms with E-state index in [1.165, 1.54) is 6.20 Å². The van der Waals surface area contributed by atoms with E-state index in [0.717, 1.165) is 32.0 Å². The summed E-state index contributed by atoms with van der Waals surface area (Å²) in [5.41, 5.74) is 2.33. The fourth-order valence-corrected chi connectivity index (χ4v) is 3.51. The van der Waals surface area contributed by atoms with Crippen molar-refractivity contribution >= 4 is 11.9 Å². The number of carbonyl (C=O) groups is 2. The summed E-state index contributed by atoms with van der Waals surface area (Å²) >= 11 is 0. The van der Waals surface area contributed by atoms with Gasteiger partial charge in [-0.1, -0.05) is 0 Å². The summed E-state index contributed by atoms with van der Waals surface area (Å²) in [5, 5.41) is 7.32. The van der Waals surface area contributed by atoms with Gasteiger partial charge in [-0.2, -0.15) is 5.10 Å². The lowest BCUT2D eigenvalue weighted by molar-refractivity contribution is -0.00923. The first-order valence-electron chi connectivity index (χ1n) is 10.3. The van der Waals surface area contributed by atoms with Crippen LogP contribution in [-0.4, -0.2) is 71.6 Å². The van der Waals surface area contributed by atoms with Gasteiger partial charge in [-0.05, 0) is 52.0 Å². The molecule has 1 fully saturated rings. The average Bonchev–Trinajstić information content (AvgIpc) is 3.14. The number of nitrogens with zero attached hydrogens (tertiary/aromatic N) is 3. The zero-order valence-electron chi connectivity index (χ0n) is 18.1. The fraction of sp³-hybridized carbons (Fsp3) is 0.500. The maximum atomic E-state index is 12.6. The van der Waals surface area contributed by atoms with Crippen LogP contribution in [0.3, 0.4) is 0 Å². The van der Waals surface area contributed by atoms with Crippen molar-refractivity contribution in [1.29, 1.82) is 0 Å². The third-order valence-electron chi connectivity index (χ3n) is 5.43. The number of ether oxygens (including phenoxy) is 2. The van der Waals surface area contributed by atoms with Crippen LogP contribution in [0.15, 0.2) is 30.5 Å². The van der Waals surface area contributed by atoms with E-state index in [9.17, 15) is 9.59 Å². The molecule has 0 unspecified atom stereocenters. The molecule has 1 aliphatic heterocycles. The van der Waals surface area contributed by atoms with Crippen LogP contribution >= 0.6 is 0 Å². The van der Waals surface area contributed by atoms with Gasteiger partial charge >= 0.3 is 5.97 Å². The summed E-state index contributed by atoms with van der Waals surface area (Å²) in [4.78, 5) is 26.9. The summed E-state index contributed by atoms with van der Waals surface area (Å²) in [6, 6.07) is 7.16. The quantitative estimate of drug-likeness (QED) is 0.699. The number of aromatic nitrogens is 2. The maximum Gasteiger partial charge on any atom is 0.341 e. The molecule has 0 saturated carbocycles. The van der Waals surface area contributed by atoms with E-state index in [0.29, 0.717) is 30.0 Å². The van der Waals surface area contributed by atoms with E-state index in [-0.39, 0.29) is 17.4 Å². The van der Waals surface area contributed by atoms with Crippen molar-refractivity contribution in [1.82, 2.24) is 20.0 Å². The van der Waals surface area contributed by atoms with E-state index in [1.54, 1.807) is 23.7 Å². The van der Waals surface area contributed by atoms with Crippen LogP contribution in [0.2, 0.25) is 0 Å². The van der Waals surface area contributed by atoms with E-state index >= 15 is 0 Å². The Morgan fingerprint density at radius 1 is 1.20 bits per heavy atom. The van der Waals surface area contributed by atoms with Crippen molar-refractivity contribution in [3.63, 3.8) is 0 Å². The number of morpholine rings is 1. The SMILES string of the molecule is CCOC(=O)c1cnn(-c2ccc(C(=O)NCC(C)(C)N3CCOCC3)cc2)c1C. The minimum absolute atomic E-state index is 0.118. The van der Waals surface area contributed by atoms with E-state index in [4.69, 9.17) is 9.47 Å². The van der Waals surface area contributed by atoms with Gasteiger partial charge in [0.2, 0.25) is 0 Å². The molecule has 1 aromatic heterocycles. The number of nitrogens with one attached hydrogen (secondary N) is 1. The predicted octanol–water partition coefficient (Wildman–Crippen LogP) is 2.20. The second-order valence-electron chi connectivity index (χ2n) is 7.92. The van der Waals surface area contributed by atoms with Gasteiger partial charge in [-0.25, -0.2) is 9.48 Å². The number of hydrogen-bond acceptors (Lipinski definition) is 6. The Kier molecular flexibility index (Phi) is 6.89. The molecule has 8 nitrogen and oxygen atoms in total. The monoisotopic (exact) mass is 414 g/mol. The minimum Gasteiger partial charge on any atom is -0.462 e. The molecule has 3 rings (SSSR count). The molecule has 0 radical (unpaired) electrons. The van der Waals surface area contributed by atoms with Crippen molar-refractivity contribution in [2.45, 2.75) is 33.2 Å². The van der Waals surface area contributed by atoms with Crippen LogP contribution in [0.5, 0.6) is 0 Å². The minimum atomic E-state index is -0.389. The molecule has 1 aliphatic rings. The Bertz CT molecular complexity index is 883. The third kappa shape index (κ3) is 4.88. The van der Waals surface area contributed by atoms with Gasteiger partial charge in [0.1, 0.15) is 5.56 Å². The highest BCUT2D eigenvalue weighted by atomic mass is 16.5. The van der Waals surface area contributed by atoms with Crippen LogP contribution in [0.4, 0.5) is 0 Å². The Balaban J connectivity index is 1.64. The maximum absolute atomic E-state index is 12.6. The van der Waals surface area contributed by atoms with Crippen LogP contribution in [-0.2, 0) is 9.47 Å². The highest BCUT2D eigenvalue weighted by Gasteiger charge is 2.28. The number of rotatable bonds is 7. The molecule has 1 saturated heterocycles. The van der Waals surface area contributed by atoms with Gasteiger partial charge in [0, 0.05) is 30.7 Å². The van der Waals surface area contributed by atoms with Gasteiger partial charge in [0.25, 0.3) is 5.91 Å². The summed E-state index contributed by atoms with van der Waals surface area (Å²) in [6.45, 7) is 11.9. The Labute approximate surface area is 177 Å². The highest BCUT2D eigenvalue weighted by Crippen LogP contribution is 2.17. The normalized spacial score (nSPS) is 15.1. The molecule has 2 heterocycles. The molecule has 1 aromatic carbocycles. The molecular weight excluding hydrogens is 384 g/mol. The molecule has 0 aliphatic carbocycles. The lowest BCUT2D eigenvalue weighted by Crippen LogP contribution is -2.55. The predicted molar refractivity (Wildman–Crippen MR) is 113 cm³/mol. The molecule has 30 heavy (non-hydrogen) atoms. The zero-order chi connectivity index (χ0) is 21.7. The molecule has 2 aromatic rings. The second kappa shape index (κ2) is 9.40. The molecule has 8 heteroatoms. The van der Waals surface area contributed by atoms with Gasteiger partial charge in [-0.15, -0.1) is 0 Å². The third-order valence-corrected chi connectivity index (χ3v) is 5.43. The molecule has 1 amide bonds. The Morgan fingerprint density at radius 3 is 2.50 bits per heavy atom. The van der Waals surface area contributed by atoms with Crippen molar-refractivity contribution in [2.75, 3.05) is 39.5 Å². The van der Waals surface area contributed by atoms with Gasteiger partial charge in [-0.3, -0.25) is 9.69 Å². The smallest absolute Gasteiger partial charge is 0.341 e. The van der Waals surface area contributed by atoms with Crippen LogP contribution in [0, 0.1) is 6.92 Å². The van der Waals surface area contributed by atoms with Crippen LogP contribution in [0.1, 0.15) is 47.2 Å². The molecule has 162 valence electrons. The molecular formula is C22H30N4O4. The number of carbonyl (C=O) groups excluding carboxylic acids is 2. The summed E-state index contributed by atoms with van der Waals surface area (Å²) < 4.78 is 12.1. The topological polar surface area (TPSA) is 85.7 Å². The van der Waals surface area contributed by atoms with Crippen molar-refractivity contribution in [2.24, 2.45) is 0 Å². The van der Waals surface area contributed by atoms with Crippen molar-refractivity contribution < 1.29 is 19.1 Å². The van der Waals surface area contributed by atoms with Crippen molar-refractivity contribution in [3.8, 4) is 5.69 Å². The first-order valence-corrected chi connectivity index (χ1v) is 10.3. The zero-order valence-corrected chi connectivity index (χ0v) is 18.1. The molecule has 1 N–H and O–H groups in total. The molecule has 0 spiro atoms. The first kappa shape index (κ1) is 22.0. The molecule has 0 atom stereocenters. The number of amides is 1. The van der Waals surface area contributed by atoms with Gasteiger partial charge in [0.05, 0.1) is 37.4 Å². The first-order chi connectivity index (χ1) is 14.3. The van der Waals surface area contributed by atoms with Crippen LogP contribution < -0.4 is 5.32 Å². The Hall–Kier alpha value is -2.71. The van der Waals surface area contributed by atoms with E-state index < -0.39 is 0 Å². The van der Waals surface area contributed by atoms with Gasteiger partial charge < -0.3 is 14.8 Å². The van der Waals surface area contributed by atoms with Crippen LogP contribution in [0.25, 0.3) is 5.69 Å². The fourth-order valence-electron chi connectivity index (χ4n) is 3.51. The van der Waals surface area contributed by atoms with Gasteiger partial charge in [0.15, 0.2) is 0 Å². The van der Waals surface area contributed by atoms with Crippen molar-refractivity contribution in [3.05, 3.63) is 47.3 Å². The highest BCUT2D eigenvalue weighted by molar-refractivity contribution is 5.94. The summed E-state index contributed by atoms with van der Waals surface area (Å²) in [7, 11) is 0.